The summed E-state index contributed by atoms with van der Waals surface area (Å²) in [5, 5.41) is 10.9. The normalized spacial score (nSPS) is 12.6. The van der Waals surface area contributed by atoms with Gasteiger partial charge in [0.15, 0.2) is 13.9 Å². The Morgan fingerprint density at radius 1 is 0.356 bits per heavy atom. The zero-order valence-corrected chi connectivity index (χ0v) is 49.8. The summed E-state index contributed by atoms with van der Waals surface area (Å²) < 4.78 is 13.4. The number of allylic oxidation sites excluding steroid dienone is 2. The Balaban J connectivity index is 0.977. The SMILES string of the molecule is C=c1/c(=C\C=C/C)n2c3ccc4c5ccccc5n(-c5nc(-c6cccc([Si](c7ccccc7)(c7ccccc7)c7ccccc7)c6)nc(-n6c7ccccc7c7ccc8c(nc9n(-c%10ccccc%10)c%10ccccc%10n89)c76)n5)c4c3nc2n1-c1ccccc1. The number of benzene rings is 11. The molecule has 424 valence electrons. The maximum atomic E-state index is 5.81. The summed E-state index contributed by atoms with van der Waals surface area (Å²) in [6.45, 7) is 6.70. The van der Waals surface area contributed by atoms with E-state index in [1.165, 1.54) is 20.7 Å². The van der Waals surface area contributed by atoms with Crippen LogP contribution in [0, 0.1) is 0 Å². The minimum atomic E-state index is -3.04. The third kappa shape index (κ3) is 7.36. The van der Waals surface area contributed by atoms with Crippen LogP contribution in [-0.2, 0) is 0 Å². The number of hydrogen-bond acceptors (Lipinski definition) is 5. The van der Waals surface area contributed by atoms with Crippen LogP contribution >= 0.6 is 0 Å². The fourth-order valence-electron chi connectivity index (χ4n) is 14.3. The van der Waals surface area contributed by atoms with Crippen LogP contribution in [0.3, 0.4) is 0 Å². The van der Waals surface area contributed by atoms with Crippen molar-refractivity contribution in [3.05, 3.63) is 296 Å². The van der Waals surface area contributed by atoms with Crippen molar-refractivity contribution in [1.82, 2.24) is 52.0 Å². The van der Waals surface area contributed by atoms with Crippen LogP contribution in [0.4, 0.5) is 0 Å². The van der Waals surface area contributed by atoms with Gasteiger partial charge in [0.25, 0.3) is 0 Å². The molecule has 18 aromatic rings. The van der Waals surface area contributed by atoms with Gasteiger partial charge < -0.3 is 0 Å². The van der Waals surface area contributed by atoms with Gasteiger partial charge in [-0.3, -0.25) is 27.1 Å². The van der Waals surface area contributed by atoms with Crippen molar-refractivity contribution in [1.29, 1.82) is 0 Å². The lowest BCUT2D eigenvalue weighted by Crippen LogP contribution is -2.74. The Bertz CT molecular complexity index is 5960. The number of fused-ring (bicyclic) bond motifs is 16. The van der Waals surface area contributed by atoms with Crippen LogP contribution in [0.1, 0.15) is 6.92 Å². The van der Waals surface area contributed by atoms with Gasteiger partial charge in [-0.2, -0.15) is 15.0 Å². The highest BCUT2D eigenvalue weighted by atomic mass is 28.3. The van der Waals surface area contributed by atoms with Gasteiger partial charge in [-0.05, 0) is 107 Å². The van der Waals surface area contributed by atoms with E-state index < -0.39 is 8.07 Å². The molecule has 7 aromatic heterocycles. The lowest BCUT2D eigenvalue weighted by molar-refractivity contribution is 0.894. The molecule has 0 aliphatic carbocycles. The van der Waals surface area contributed by atoms with Crippen LogP contribution < -0.4 is 31.4 Å². The molecule has 90 heavy (non-hydrogen) atoms. The molecule has 18 rings (SSSR count). The van der Waals surface area contributed by atoms with Crippen LogP contribution in [0.5, 0.6) is 0 Å². The minimum absolute atomic E-state index is 0.438. The summed E-state index contributed by atoms with van der Waals surface area (Å²) in [6, 6.07) is 97.4. The van der Waals surface area contributed by atoms with E-state index in [9.17, 15) is 0 Å². The molecule has 0 atom stereocenters. The van der Waals surface area contributed by atoms with Gasteiger partial charge in [-0.1, -0.05) is 219 Å². The highest BCUT2D eigenvalue weighted by molar-refractivity contribution is 7.19. The maximum absolute atomic E-state index is 5.81. The summed E-state index contributed by atoms with van der Waals surface area (Å²) in [5.41, 5.74) is 12.1. The second-order valence-electron chi connectivity index (χ2n) is 22.9. The molecule has 0 N–H and O–H groups in total. The fraction of sp³-hybridized carbons (Fsp3) is 0.0128. The molecule has 0 bridgehead atoms. The molecular weight excluding hydrogens is 1120 g/mol. The van der Waals surface area contributed by atoms with Crippen molar-refractivity contribution in [2.24, 2.45) is 0 Å². The number of para-hydroxylation sites is 6. The summed E-state index contributed by atoms with van der Waals surface area (Å²) in [6.07, 6.45) is 6.22. The first kappa shape index (κ1) is 51.2. The van der Waals surface area contributed by atoms with Gasteiger partial charge in [0.2, 0.25) is 23.5 Å². The van der Waals surface area contributed by atoms with E-state index in [1.807, 2.05) is 19.1 Å². The Kier molecular flexibility index (Phi) is 11.4. The molecule has 0 radical (unpaired) electrons. The van der Waals surface area contributed by atoms with E-state index >= 15 is 0 Å². The van der Waals surface area contributed by atoms with Crippen LogP contribution in [0.15, 0.2) is 285 Å². The van der Waals surface area contributed by atoms with Gasteiger partial charge >= 0.3 is 0 Å². The molecular formula is C78H53N11Si. The highest BCUT2D eigenvalue weighted by Gasteiger charge is 2.41. The molecule has 0 saturated heterocycles. The first-order chi connectivity index (χ1) is 44.6. The Labute approximate surface area is 516 Å². The van der Waals surface area contributed by atoms with Crippen molar-refractivity contribution in [2.45, 2.75) is 6.92 Å². The number of hydrogen-bond donors (Lipinski definition) is 0. The number of imidazole rings is 4. The van der Waals surface area contributed by atoms with Gasteiger partial charge in [0.05, 0.1) is 54.8 Å². The Morgan fingerprint density at radius 3 is 1.33 bits per heavy atom. The molecule has 7 heterocycles. The lowest BCUT2D eigenvalue weighted by atomic mass is 10.1. The molecule has 0 aliphatic heterocycles. The quantitative estimate of drug-likeness (QED) is 0.100. The fourth-order valence-corrected chi connectivity index (χ4v) is 19.1. The molecule has 0 aliphatic rings. The average molecular weight is 1170 g/mol. The third-order valence-corrected chi connectivity index (χ3v) is 22.9. The summed E-state index contributed by atoms with van der Waals surface area (Å²) in [7, 11) is -3.04. The van der Waals surface area contributed by atoms with Crippen molar-refractivity contribution in [3.63, 3.8) is 0 Å². The first-order valence-electron chi connectivity index (χ1n) is 30.3. The average Bonchev–Trinajstić information content (AvgIpc) is 1.54. The van der Waals surface area contributed by atoms with Crippen molar-refractivity contribution < 1.29 is 0 Å². The zero-order valence-electron chi connectivity index (χ0n) is 48.8. The zero-order chi connectivity index (χ0) is 59.6. The maximum Gasteiger partial charge on any atom is 0.240 e. The third-order valence-electron chi connectivity index (χ3n) is 18.1. The lowest BCUT2D eigenvalue weighted by Gasteiger charge is -2.34. The first-order valence-corrected chi connectivity index (χ1v) is 32.3. The predicted octanol–water partition coefficient (Wildman–Crippen LogP) is 13.2. The van der Waals surface area contributed by atoms with E-state index in [0.717, 1.165) is 116 Å². The van der Waals surface area contributed by atoms with Gasteiger partial charge in [-0.15, -0.1) is 0 Å². The standard InChI is InChI=1S/C78H53N11Si/c1-3-4-41-63-51(2)84(53-28-10-5-11-29-53)77-79-70-68(86(63)77)48-46-61-59-39-20-22-42-64(59)88(72(61)70)75-81-74(52-27-26-38-58(50-52)90(55-32-14-7-15-33-55,56-34-16-8-17-35-56)57-36-18-9-19-37-57)82-76(83-75)89-65-43-23-21-40-60(65)62-47-49-69-71(73(62)89)80-78-85(54-30-12-6-13-31-54)66-44-24-25-45-67(66)87(69)78/h3-50H,2H2,1H3/b4-3-,63-41+. The monoisotopic (exact) mass is 1170 g/mol. The summed E-state index contributed by atoms with van der Waals surface area (Å²) in [4.78, 5) is 28.8. The topological polar surface area (TPSA) is 93.0 Å². The molecule has 0 saturated carbocycles. The van der Waals surface area contributed by atoms with Gasteiger partial charge in [0.1, 0.15) is 11.0 Å². The van der Waals surface area contributed by atoms with Crippen LogP contribution in [-0.4, -0.2) is 60.1 Å². The predicted molar refractivity (Wildman–Crippen MR) is 370 cm³/mol. The summed E-state index contributed by atoms with van der Waals surface area (Å²) >= 11 is 0. The largest absolute Gasteiger partial charge is 0.279 e. The Morgan fingerprint density at radius 2 is 0.800 bits per heavy atom. The molecule has 11 aromatic carbocycles. The molecule has 0 fully saturated rings. The Hall–Kier alpha value is -12.0. The van der Waals surface area contributed by atoms with Crippen molar-refractivity contribution in [3.8, 4) is 34.7 Å². The second-order valence-corrected chi connectivity index (χ2v) is 26.7. The van der Waals surface area contributed by atoms with Gasteiger partial charge in [-0.25, -0.2) is 9.97 Å². The minimum Gasteiger partial charge on any atom is -0.279 e. The van der Waals surface area contributed by atoms with E-state index in [4.69, 9.17) is 24.9 Å². The molecule has 0 amide bonds. The molecule has 11 nitrogen and oxygen atoms in total. The van der Waals surface area contributed by atoms with E-state index in [0.29, 0.717) is 17.7 Å². The van der Waals surface area contributed by atoms with Gasteiger partial charge in [0, 0.05) is 38.5 Å². The number of nitrogens with zero attached hydrogens (tertiary/aromatic N) is 11. The van der Waals surface area contributed by atoms with E-state index in [1.54, 1.807) is 0 Å². The second kappa shape index (κ2) is 20.0. The smallest absolute Gasteiger partial charge is 0.240 e. The summed E-state index contributed by atoms with van der Waals surface area (Å²) in [5.74, 6) is 2.94. The molecule has 12 heteroatoms. The van der Waals surface area contributed by atoms with Crippen LogP contribution in [0.25, 0.3) is 136 Å². The van der Waals surface area contributed by atoms with Crippen LogP contribution in [0.2, 0.25) is 0 Å². The van der Waals surface area contributed by atoms with E-state index in [2.05, 4.69) is 313 Å². The van der Waals surface area contributed by atoms with Crippen molar-refractivity contribution >= 4 is 130 Å². The molecule has 0 spiro atoms. The van der Waals surface area contributed by atoms with Crippen molar-refractivity contribution in [2.75, 3.05) is 0 Å². The molecule has 0 unspecified atom stereocenters. The number of aromatic nitrogens is 11. The highest BCUT2D eigenvalue weighted by Crippen LogP contribution is 2.40. The number of rotatable bonds is 10. The van der Waals surface area contributed by atoms with E-state index in [-0.39, 0.29) is 0 Å².